The number of ether oxygens (including phenoxy) is 1. The minimum absolute atomic E-state index is 0.675. The highest BCUT2D eigenvalue weighted by atomic mass is 16.5. The highest BCUT2D eigenvalue weighted by molar-refractivity contribution is 5.81. The Labute approximate surface area is 78.5 Å². The van der Waals surface area contributed by atoms with Gasteiger partial charge in [0.05, 0.1) is 5.56 Å². The summed E-state index contributed by atoms with van der Waals surface area (Å²) in [6.45, 7) is 5.87. The molecule has 0 N–H and O–H groups in total. The molecule has 1 aromatic carbocycles. The van der Waals surface area contributed by atoms with Crippen molar-refractivity contribution in [1.82, 2.24) is 0 Å². The van der Waals surface area contributed by atoms with E-state index in [1.165, 1.54) is 11.1 Å². The first-order valence-corrected chi connectivity index (χ1v) is 4.62. The molecule has 2 heteroatoms. The molecule has 0 bridgehead atoms. The van der Waals surface area contributed by atoms with E-state index >= 15 is 0 Å². The zero-order chi connectivity index (χ0) is 9.26. The summed E-state index contributed by atoms with van der Waals surface area (Å²) in [4.78, 5) is 0. The first kappa shape index (κ1) is 8.30. The Morgan fingerprint density at radius 3 is 3.08 bits per heavy atom. The van der Waals surface area contributed by atoms with Crippen molar-refractivity contribution in [2.75, 3.05) is 13.3 Å². The van der Waals surface area contributed by atoms with Gasteiger partial charge in [0.25, 0.3) is 6.73 Å². The highest BCUT2D eigenvalue weighted by Crippen LogP contribution is 2.23. The van der Waals surface area contributed by atoms with Crippen LogP contribution in [0.15, 0.2) is 18.2 Å². The Balaban J connectivity index is 2.47. The lowest BCUT2D eigenvalue weighted by Gasteiger charge is -2.14. The van der Waals surface area contributed by atoms with Crippen molar-refractivity contribution in [2.24, 2.45) is 0 Å². The molecule has 2 nitrogen and oxygen atoms in total. The average Bonchev–Trinajstić information content (AvgIpc) is 2.18. The fraction of sp³-hybridized carbons (Fsp3) is 0.364. The predicted octanol–water partition coefficient (Wildman–Crippen LogP) is 1.80. The molecule has 0 unspecified atom stereocenters. The summed E-state index contributed by atoms with van der Waals surface area (Å²) in [5, 5.41) is 0. The summed E-state index contributed by atoms with van der Waals surface area (Å²) in [7, 11) is 0. The van der Waals surface area contributed by atoms with Crippen LogP contribution < -0.4 is 4.74 Å². The SMILES string of the molecule is CC[N+]1=Cc2cccc(C)c2OC1. The van der Waals surface area contributed by atoms with E-state index in [-0.39, 0.29) is 0 Å². The molecule has 1 aliphatic rings. The first-order valence-electron chi connectivity index (χ1n) is 4.62. The lowest BCUT2D eigenvalue weighted by molar-refractivity contribution is -0.552. The van der Waals surface area contributed by atoms with Gasteiger partial charge in [-0.05, 0) is 25.5 Å². The van der Waals surface area contributed by atoms with E-state index < -0.39 is 0 Å². The lowest BCUT2D eigenvalue weighted by atomic mass is 10.1. The van der Waals surface area contributed by atoms with Crippen molar-refractivity contribution in [1.29, 1.82) is 0 Å². The van der Waals surface area contributed by atoms with Crippen molar-refractivity contribution in [3.8, 4) is 5.75 Å². The summed E-state index contributed by atoms with van der Waals surface area (Å²) in [6, 6.07) is 6.23. The molecular weight excluding hydrogens is 162 g/mol. The monoisotopic (exact) mass is 176 g/mol. The van der Waals surface area contributed by atoms with Gasteiger partial charge in [0.15, 0.2) is 6.21 Å². The van der Waals surface area contributed by atoms with E-state index in [4.69, 9.17) is 4.74 Å². The van der Waals surface area contributed by atoms with Crippen LogP contribution in [0, 0.1) is 6.92 Å². The number of para-hydroxylation sites is 1. The molecule has 0 saturated carbocycles. The van der Waals surface area contributed by atoms with Gasteiger partial charge in [-0.1, -0.05) is 12.1 Å². The zero-order valence-corrected chi connectivity index (χ0v) is 8.08. The molecule has 1 aliphatic heterocycles. The molecule has 0 fully saturated rings. The Bertz CT molecular complexity index is 355. The van der Waals surface area contributed by atoms with E-state index in [0.29, 0.717) is 6.73 Å². The minimum Gasteiger partial charge on any atom is -0.435 e. The second-order valence-electron chi connectivity index (χ2n) is 3.30. The van der Waals surface area contributed by atoms with Crippen LogP contribution in [0.5, 0.6) is 5.75 Å². The van der Waals surface area contributed by atoms with Gasteiger partial charge in [-0.25, -0.2) is 4.58 Å². The van der Waals surface area contributed by atoms with Gasteiger partial charge in [-0.2, -0.15) is 0 Å². The highest BCUT2D eigenvalue weighted by Gasteiger charge is 2.15. The summed E-state index contributed by atoms with van der Waals surface area (Å²) >= 11 is 0. The van der Waals surface area contributed by atoms with Crippen LogP contribution in [-0.2, 0) is 0 Å². The molecule has 0 amide bonds. The van der Waals surface area contributed by atoms with Crippen LogP contribution in [0.2, 0.25) is 0 Å². The van der Waals surface area contributed by atoms with E-state index in [2.05, 4.69) is 42.8 Å². The number of hydrogen-bond donors (Lipinski definition) is 0. The van der Waals surface area contributed by atoms with Gasteiger partial charge >= 0.3 is 0 Å². The maximum atomic E-state index is 5.65. The fourth-order valence-electron chi connectivity index (χ4n) is 1.54. The van der Waals surface area contributed by atoms with Crippen molar-refractivity contribution < 1.29 is 9.31 Å². The van der Waals surface area contributed by atoms with E-state index in [0.717, 1.165) is 12.3 Å². The largest absolute Gasteiger partial charge is 0.435 e. The third-order valence-electron chi connectivity index (χ3n) is 2.34. The molecule has 68 valence electrons. The van der Waals surface area contributed by atoms with Crippen LogP contribution >= 0.6 is 0 Å². The number of rotatable bonds is 1. The number of nitrogens with zero attached hydrogens (tertiary/aromatic N) is 1. The molecule has 0 radical (unpaired) electrons. The molecule has 0 saturated heterocycles. The van der Waals surface area contributed by atoms with Crippen molar-refractivity contribution in [3.63, 3.8) is 0 Å². The molecule has 2 rings (SSSR count). The van der Waals surface area contributed by atoms with Gasteiger partial charge in [-0.15, -0.1) is 0 Å². The Morgan fingerprint density at radius 1 is 1.46 bits per heavy atom. The maximum absolute atomic E-state index is 5.65. The summed E-state index contributed by atoms with van der Waals surface area (Å²) < 4.78 is 7.81. The fourth-order valence-corrected chi connectivity index (χ4v) is 1.54. The third-order valence-corrected chi connectivity index (χ3v) is 2.34. The van der Waals surface area contributed by atoms with Crippen LogP contribution in [0.25, 0.3) is 0 Å². The van der Waals surface area contributed by atoms with Crippen molar-refractivity contribution in [2.45, 2.75) is 13.8 Å². The van der Waals surface area contributed by atoms with Crippen LogP contribution in [0.1, 0.15) is 18.1 Å². The van der Waals surface area contributed by atoms with Crippen LogP contribution in [0.3, 0.4) is 0 Å². The molecule has 0 spiro atoms. The molecule has 0 aromatic heterocycles. The first-order chi connectivity index (χ1) is 6.31. The second-order valence-corrected chi connectivity index (χ2v) is 3.30. The average molecular weight is 176 g/mol. The Morgan fingerprint density at radius 2 is 2.31 bits per heavy atom. The number of aryl methyl sites for hydroxylation is 1. The van der Waals surface area contributed by atoms with E-state index in [1.807, 2.05) is 0 Å². The van der Waals surface area contributed by atoms with Gasteiger partial charge in [0.1, 0.15) is 12.3 Å². The molecule has 1 heterocycles. The molecular formula is C11H14NO+. The van der Waals surface area contributed by atoms with Gasteiger partial charge < -0.3 is 4.74 Å². The number of hydrogen-bond acceptors (Lipinski definition) is 1. The van der Waals surface area contributed by atoms with E-state index in [9.17, 15) is 0 Å². The molecule has 0 atom stereocenters. The zero-order valence-electron chi connectivity index (χ0n) is 8.08. The van der Waals surface area contributed by atoms with Crippen LogP contribution in [-0.4, -0.2) is 24.1 Å². The molecule has 0 aliphatic carbocycles. The van der Waals surface area contributed by atoms with Gasteiger partial charge in [-0.3, -0.25) is 0 Å². The number of benzene rings is 1. The standard InChI is InChI=1S/C11H14NO/c1-3-12-7-10-6-4-5-9(2)11(10)13-8-12/h4-7H,3,8H2,1-2H3/q+1. The van der Waals surface area contributed by atoms with Crippen molar-refractivity contribution in [3.05, 3.63) is 29.3 Å². The topological polar surface area (TPSA) is 12.2 Å². The van der Waals surface area contributed by atoms with Gasteiger partial charge in [0.2, 0.25) is 0 Å². The summed E-state index contributed by atoms with van der Waals surface area (Å²) in [5.41, 5.74) is 2.40. The van der Waals surface area contributed by atoms with E-state index in [1.54, 1.807) is 0 Å². The third kappa shape index (κ3) is 1.44. The second kappa shape index (κ2) is 3.21. The predicted molar refractivity (Wildman–Crippen MR) is 52.6 cm³/mol. The number of fused-ring (bicyclic) bond motifs is 1. The lowest BCUT2D eigenvalue weighted by Crippen LogP contribution is -2.24. The smallest absolute Gasteiger partial charge is 0.287 e. The summed E-state index contributed by atoms with van der Waals surface area (Å²) in [6.07, 6.45) is 2.16. The van der Waals surface area contributed by atoms with Crippen molar-refractivity contribution >= 4 is 6.21 Å². The Kier molecular flexibility index (Phi) is 2.05. The van der Waals surface area contributed by atoms with Gasteiger partial charge in [0, 0.05) is 0 Å². The van der Waals surface area contributed by atoms with Crippen LogP contribution in [0.4, 0.5) is 0 Å². The Hall–Kier alpha value is -1.31. The molecule has 13 heavy (non-hydrogen) atoms. The maximum Gasteiger partial charge on any atom is 0.287 e. The normalized spacial score (nSPS) is 14.5. The molecule has 1 aromatic rings. The quantitative estimate of drug-likeness (QED) is 0.594. The summed E-state index contributed by atoms with van der Waals surface area (Å²) in [5.74, 6) is 1.03. The minimum atomic E-state index is 0.675.